The van der Waals surface area contributed by atoms with Gasteiger partial charge >= 0.3 is 0 Å². The van der Waals surface area contributed by atoms with Crippen LogP contribution in [-0.2, 0) is 17.8 Å². The van der Waals surface area contributed by atoms with Crippen LogP contribution in [-0.4, -0.2) is 47.6 Å². The van der Waals surface area contributed by atoms with Crippen LogP contribution < -0.4 is 10.6 Å². The number of carbonyl (C=O) groups excluding carboxylic acids is 1. The fourth-order valence-corrected chi connectivity index (χ4v) is 4.60. The lowest BCUT2D eigenvalue weighted by Crippen LogP contribution is -2.34. The number of carbonyl (C=O) groups is 1. The number of amides is 1. The number of nitrogens with one attached hydrogen (secondary N) is 2. The Labute approximate surface area is 194 Å². The number of anilines is 1. The van der Waals surface area contributed by atoms with Crippen molar-refractivity contribution >= 4 is 33.3 Å². The van der Waals surface area contributed by atoms with E-state index < -0.39 is 6.67 Å². The van der Waals surface area contributed by atoms with Crippen LogP contribution in [0.2, 0.25) is 0 Å². The fraction of sp³-hybridized carbons (Fsp3) is 0.458. The van der Waals surface area contributed by atoms with Crippen molar-refractivity contribution in [3.8, 4) is 0 Å². The molecule has 32 heavy (non-hydrogen) atoms. The lowest BCUT2D eigenvalue weighted by Gasteiger charge is -2.26. The maximum Gasteiger partial charge on any atom is 0.246 e. The summed E-state index contributed by atoms with van der Waals surface area (Å²) in [6.07, 6.45) is 10.4. The number of hydrogen-bond donors (Lipinski definition) is 2. The topological polar surface area (TPSA) is 70.2 Å². The van der Waals surface area contributed by atoms with Gasteiger partial charge in [-0.2, -0.15) is 0 Å². The SMILES string of the molecule is CC.CC/C=C(\C=C(\C)CF)Nc1ncnc2sc3c(c12)CCN(C(=O)/C=C/CNC)C3. The molecule has 0 aliphatic carbocycles. The minimum absolute atomic E-state index is 0.0257. The third kappa shape index (κ3) is 6.46. The molecule has 0 radical (unpaired) electrons. The van der Waals surface area contributed by atoms with E-state index in [2.05, 4.69) is 20.6 Å². The molecule has 1 amide bonds. The van der Waals surface area contributed by atoms with Crippen LogP contribution in [0, 0.1) is 0 Å². The molecular formula is C24H34FN5OS. The zero-order chi connectivity index (χ0) is 23.5. The van der Waals surface area contributed by atoms with Crippen LogP contribution in [0.4, 0.5) is 10.2 Å². The third-order valence-electron chi connectivity index (χ3n) is 4.83. The predicted molar refractivity (Wildman–Crippen MR) is 133 cm³/mol. The van der Waals surface area contributed by atoms with Gasteiger partial charge in [-0.05, 0) is 44.0 Å². The lowest BCUT2D eigenvalue weighted by molar-refractivity contribution is -0.126. The first-order chi connectivity index (χ1) is 15.6. The van der Waals surface area contributed by atoms with Crippen molar-refractivity contribution in [2.75, 3.05) is 32.1 Å². The minimum atomic E-state index is -0.484. The largest absolute Gasteiger partial charge is 0.340 e. The maximum absolute atomic E-state index is 13.0. The quantitative estimate of drug-likeness (QED) is 0.429. The highest BCUT2D eigenvalue weighted by atomic mass is 32.1. The number of allylic oxidation sites excluding steroid dienone is 3. The number of aromatic nitrogens is 2. The first-order valence-corrected chi connectivity index (χ1v) is 11.9. The molecular weight excluding hydrogens is 425 g/mol. The van der Waals surface area contributed by atoms with Gasteiger partial charge in [0.25, 0.3) is 0 Å². The van der Waals surface area contributed by atoms with Gasteiger partial charge in [0.05, 0.1) is 11.9 Å². The van der Waals surface area contributed by atoms with Crippen LogP contribution in [0.3, 0.4) is 0 Å². The molecule has 0 aromatic carbocycles. The molecule has 1 aliphatic heterocycles. The summed E-state index contributed by atoms with van der Waals surface area (Å²) < 4.78 is 13.0. The number of alkyl halides is 1. The first-order valence-electron chi connectivity index (χ1n) is 11.1. The molecule has 2 aromatic rings. The Bertz CT molecular complexity index is 996. The van der Waals surface area contributed by atoms with E-state index >= 15 is 0 Å². The highest BCUT2D eigenvalue weighted by Crippen LogP contribution is 2.37. The number of hydrogen-bond acceptors (Lipinski definition) is 6. The molecule has 2 N–H and O–H groups in total. The molecule has 3 heterocycles. The predicted octanol–water partition coefficient (Wildman–Crippen LogP) is 5.00. The third-order valence-corrected chi connectivity index (χ3v) is 5.96. The molecule has 0 saturated carbocycles. The van der Waals surface area contributed by atoms with Gasteiger partial charge in [-0.15, -0.1) is 11.3 Å². The van der Waals surface area contributed by atoms with Crippen molar-refractivity contribution in [1.82, 2.24) is 20.2 Å². The number of halogens is 1. The lowest BCUT2D eigenvalue weighted by atomic mass is 10.0. The van der Waals surface area contributed by atoms with E-state index in [1.54, 1.807) is 30.7 Å². The van der Waals surface area contributed by atoms with Crippen LogP contribution in [0.25, 0.3) is 10.2 Å². The van der Waals surface area contributed by atoms with E-state index in [0.717, 1.165) is 39.5 Å². The van der Waals surface area contributed by atoms with Crippen molar-refractivity contribution in [3.63, 3.8) is 0 Å². The zero-order valence-electron chi connectivity index (χ0n) is 19.7. The van der Waals surface area contributed by atoms with Gasteiger partial charge in [-0.1, -0.05) is 32.9 Å². The fourth-order valence-electron chi connectivity index (χ4n) is 3.40. The number of likely N-dealkylation sites (N-methyl/N-ethyl adjacent to an activating group) is 1. The summed E-state index contributed by atoms with van der Waals surface area (Å²) in [5.41, 5.74) is 2.68. The summed E-state index contributed by atoms with van der Waals surface area (Å²) in [7, 11) is 1.85. The Balaban J connectivity index is 0.00000176. The Morgan fingerprint density at radius 3 is 2.81 bits per heavy atom. The molecule has 0 spiro atoms. The highest BCUT2D eigenvalue weighted by Gasteiger charge is 2.25. The zero-order valence-corrected chi connectivity index (χ0v) is 20.5. The minimum Gasteiger partial charge on any atom is -0.340 e. The summed E-state index contributed by atoms with van der Waals surface area (Å²) in [4.78, 5) is 25.3. The van der Waals surface area contributed by atoms with Crippen LogP contribution in [0.5, 0.6) is 0 Å². The molecule has 0 unspecified atom stereocenters. The van der Waals surface area contributed by atoms with Crippen molar-refractivity contribution in [3.05, 3.63) is 52.3 Å². The summed E-state index contributed by atoms with van der Waals surface area (Å²) >= 11 is 1.61. The van der Waals surface area contributed by atoms with Crippen LogP contribution in [0.1, 0.15) is 44.6 Å². The summed E-state index contributed by atoms with van der Waals surface area (Å²) in [6.45, 7) is 9.24. The second kappa shape index (κ2) is 13.1. The van der Waals surface area contributed by atoms with E-state index in [9.17, 15) is 9.18 Å². The highest BCUT2D eigenvalue weighted by molar-refractivity contribution is 7.19. The van der Waals surface area contributed by atoms with Gasteiger partial charge in [0.15, 0.2) is 0 Å². The van der Waals surface area contributed by atoms with Gasteiger partial charge in [0, 0.05) is 29.7 Å². The van der Waals surface area contributed by atoms with Gasteiger partial charge in [0.1, 0.15) is 23.7 Å². The van der Waals surface area contributed by atoms with Crippen molar-refractivity contribution in [2.45, 2.75) is 47.1 Å². The van der Waals surface area contributed by atoms with Gasteiger partial charge in [-0.25, -0.2) is 14.4 Å². The molecule has 6 nitrogen and oxygen atoms in total. The van der Waals surface area contributed by atoms with Crippen molar-refractivity contribution in [2.24, 2.45) is 0 Å². The monoisotopic (exact) mass is 459 g/mol. The number of thiophene rings is 1. The molecule has 1 aliphatic rings. The smallest absolute Gasteiger partial charge is 0.246 e. The Hall–Kier alpha value is -2.58. The van der Waals surface area contributed by atoms with Crippen molar-refractivity contribution < 1.29 is 9.18 Å². The standard InChI is InChI=1S/C22H28FN5OS.C2H6/c1-4-6-16(11-15(2)12-23)27-21-20-17-8-10-28(19(29)7-5-9-24-3)13-18(17)30-22(20)26-14-25-21;1-2/h5-7,11,14,24H,4,8-10,12-13H2,1-3H3,(H,25,26,27);1-2H3/b7-5+,15-11-,16-6+;. The van der Waals surface area contributed by atoms with Gasteiger partial charge < -0.3 is 15.5 Å². The number of nitrogens with zero attached hydrogens (tertiary/aromatic N) is 3. The molecule has 174 valence electrons. The van der Waals surface area contributed by atoms with E-state index in [1.165, 1.54) is 5.56 Å². The van der Waals surface area contributed by atoms with E-state index in [-0.39, 0.29) is 5.91 Å². The molecule has 2 aromatic heterocycles. The summed E-state index contributed by atoms with van der Waals surface area (Å²) in [5.74, 6) is 0.756. The second-order valence-electron chi connectivity index (χ2n) is 7.19. The number of fused-ring (bicyclic) bond motifs is 3. The van der Waals surface area contributed by atoms with Crippen LogP contribution >= 0.6 is 11.3 Å². The summed E-state index contributed by atoms with van der Waals surface area (Å²) in [5, 5.41) is 7.37. The second-order valence-corrected chi connectivity index (χ2v) is 8.28. The van der Waals surface area contributed by atoms with E-state index in [0.29, 0.717) is 25.2 Å². The molecule has 3 rings (SSSR count). The Morgan fingerprint density at radius 1 is 1.34 bits per heavy atom. The first kappa shape index (κ1) is 25.7. The average Bonchev–Trinajstić information content (AvgIpc) is 3.19. The van der Waals surface area contributed by atoms with E-state index in [4.69, 9.17) is 0 Å². The molecule has 8 heteroatoms. The number of rotatable bonds is 8. The molecule has 0 bridgehead atoms. The van der Waals surface area contributed by atoms with Gasteiger partial charge in [0.2, 0.25) is 5.91 Å². The van der Waals surface area contributed by atoms with E-state index in [1.807, 2.05) is 50.9 Å². The van der Waals surface area contributed by atoms with Crippen molar-refractivity contribution in [1.29, 1.82) is 0 Å². The maximum atomic E-state index is 13.0. The van der Waals surface area contributed by atoms with Crippen LogP contribution in [0.15, 0.2) is 41.9 Å². The summed E-state index contributed by atoms with van der Waals surface area (Å²) in [6, 6.07) is 0. The van der Waals surface area contributed by atoms with Gasteiger partial charge in [-0.3, -0.25) is 4.79 Å². The normalized spacial score (nSPS) is 14.4. The molecule has 0 fully saturated rings. The Kier molecular flexibility index (Phi) is 10.5. The average molecular weight is 460 g/mol. The Morgan fingerprint density at radius 2 is 2.12 bits per heavy atom. The molecule has 0 saturated heterocycles. The molecule has 0 atom stereocenters.